The van der Waals surface area contributed by atoms with Crippen LogP contribution in [0.2, 0.25) is 0 Å². The summed E-state index contributed by atoms with van der Waals surface area (Å²) < 4.78 is 1.15. The quantitative estimate of drug-likeness (QED) is 0.808. The van der Waals surface area contributed by atoms with Gasteiger partial charge >= 0.3 is 0 Å². The molecular formula is C12H18BrNO. The van der Waals surface area contributed by atoms with E-state index in [1.807, 2.05) is 6.92 Å². The summed E-state index contributed by atoms with van der Waals surface area (Å²) in [6, 6.07) is 6.36. The van der Waals surface area contributed by atoms with Crippen LogP contribution >= 0.6 is 15.9 Å². The summed E-state index contributed by atoms with van der Waals surface area (Å²) in [5.41, 5.74) is 2.51. The minimum absolute atomic E-state index is 0.220. The number of aryl methyl sites for hydroxylation is 1. The second-order valence-electron chi connectivity index (χ2n) is 3.90. The molecule has 0 saturated carbocycles. The number of aliphatic hydroxyl groups is 1. The van der Waals surface area contributed by atoms with Crippen molar-refractivity contribution in [2.45, 2.75) is 32.9 Å². The highest BCUT2D eigenvalue weighted by Gasteiger charge is 1.98. The molecule has 0 bridgehead atoms. The van der Waals surface area contributed by atoms with E-state index < -0.39 is 0 Å². The van der Waals surface area contributed by atoms with Gasteiger partial charge in [-0.05, 0) is 44.0 Å². The molecule has 84 valence electrons. The summed E-state index contributed by atoms with van der Waals surface area (Å²) in [5, 5.41) is 12.4. The summed E-state index contributed by atoms with van der Waals surface area (Å²) in [7, 11) is 0. The van der Waals surface area contributed by atoms with Crippen molar-refractivity contribution in [2.24, 2.45) is 0 Å². The van der Waals surface area contributed by atoms with Crippen molar-refractivity contribution in [3.63, 3.8) is 0 Å². The largest absolute Gasteiger partial charge is 0.393 e. The Kier molecular flexibility index (Phi) is 5.29. The van der Waals surface area contributed by atoms with Crippen molar-refractivity contribution in [1.82, 2.24) is 5.32 Å². The molecule has 2 N–H and O–H groups in total. The standard InChI is InChI=1S/C12H18BrNO/c1-9-3-4-11(7-12(9)13)8-14-6-5-10(2)15/h3-4,7,10,14-15H,5-6,8H2,1-2H3. The zero-order valence-corrected chi connectivity index (χ0v) is 10.8. The van der Waals surface area contributed by atoms with E-state index in [0.717, 1.165) is 24.0 Å². The third-order valence-corrected chi connectivity index (χ3v) is 3.16. The molecule has 0 aromatic heterocycles. The Morgan fingerprint density at radius 1 is 1.47 bits per heavy atom. The third kappa shape index (κ3) is 4.78. The molecule has 0 aliphatic carbocycles. The summed E-state index contributed by atoms with van der Waals surface area (Å²) in [4.78, 5) is 0. The number of rotatable bonds is 5. The fraction of sp³-hybridized carbons (Fsp3) is 0.500. The molecule has 0 saturated heterocycles. The highest BCUT2D eigenvalue weighted by molar-refractivity contribution is 9.10. The Balaban J connectivity index is 2.35. The Bertz CT molecular complexity index is 312. The van der Waals surface area contributed by atoms with E-state index in [4.69, 9.17) is 5.11 Å². The molecule has 1 rings (SSSR count). The van der Waals surface area contributed by atoms with E-state index in [1.165, 1.54) is 11.1 Å². The van der Waals surface area contributed by atoms with E-state index in [0.29, 0.717) is 0 Å². The normalized spacial score (nSPS) is 12.8. The van der Waals surface area contributed by atoms with Crippen LogP contribution in [0.15, 0.2) is 22.7 Å². The van der Waals surface area contributed by atoms with Gasteiger partial charge in [-0.25, -0.2) is 0 Å². The minimum atomic E-state index is -0.220. The highest BCUT2D eigenvalue weighted by Crippen LogP contribution is 2.17. The lowest BCUT2D eigenvalue weighted by Gasteiger charge is -2.07. The molecule has 15 heavy (non-hydrogen) atoms. The maximum atomic E-state index is 9.08. The van der Waals surface area contributed by atoms with Crippen LogP contribution in [-0.4, -0.2) is 17.8 Å². The van der Waals surface area contributed by atoms with Crippen LogP contribution < -0.4 is 5.32 Å². The SMILES string of the molecule is Cc1ccc(CNCCC(C)O)cc1Br. The molecule has 1 aromatic rings. The first-order chi connectivity index (χ1) is 7.09. The summed E-state index contributed by atoms with van der Waals surface area (Å²) >= 11 is 3.51. The van der Waals surface area contributed by atoms with Crippen molar-refractivity contribution in [1.29, 1.82) is 0 Å². The van der Waals surface area contributed by atoms with Crippen LogP contribution in [0.3, 0.4) is 0 Å². The van der Waals surface area contributed by atoms with E-state index >= 15 is 0 Å². The van der Waals surface area contributed by atoms with Crippen LogP contribution in [-0.2, 0) is 6.54 Å². The molecule has 3 heteroatoms. The zero-order valence-electron chi connectivity index (χ0n) is 9.26. The Morgan fingerprint density at radius 3 is 2.80 bits per heavy atom. The first kappa shape index (κ1) is 12.7. The number of nitrogens with one attached hydrogen (secondary N) is 1. The van der Waals surface area contributed by atoms with Gasteiger partial charge < -0.3 is 10.4 Å². The van der Waals surface area contributed by atoms with Crippen LogP contribution in [0, 0.1) is 6.92 Å². The van der Waals surface area contributed by atoms with Gasteiger partial charge in [0.1, 0.15) is 0 Å². The molecule has 1 unspecified atom stereocenters. The first-order valence-electron chi connectivity index (χ1n) is 5.23. The van der Waals surface area contributed by atoms with Crippen LogP contribution in [0.1, 0.15) is 24.5 Å². The lowest BCUT2D eigenvalue weighted by atomic mass is 10.1. The predicted octanol–water partition coefficient (Wildman–Crippen LogP) is 2.62. The van der Waals surface area contributed by atoms with Gasteiger partial charge in [0, 0.05) is 11.0 Å². The first-order valence-corrected chi connectivity index (χ1v) is 6.02. The fourth-order valence-electron chi connectivity index (χ4n) is 1.29. The molecule has 0 amide bonds. The van der Waals surface area contributed by atoms with Gasteiger partial charge in [-0.15, -0.1) is 0 Å². The molecule has 1 atom stereocenters. The Morgan fingerprint density at radius 2 is 2.20 bits per heavy atom. The molecule has 0 spiro atoms. The van der Waals surface area contributed by atoms with Crippen LogP contribution in [0.4, 0.5) is 0 Å². The van der Waals surface area contributed by atoms with E-state index in [9.17, 15) is 0 Å². The smallest absolute Gasteiger partial charge is 0.0524 e. The molecule has 0 fully saturated rings. The van der Waals surface area contributed by atoms with Gasteiger partial charge in [0.2, 0.25) is 0 Å². The van der Waals surface area contributed by atoms with Crippen molar-refractivity contribution in [3.8, 4) is 0 Å². The van der Waals surface area contributed by atoms with Crippen LogP contribution in [0.25, 0.3) is 0 Å². The van der Waals surface area contributed by atoms with Crippen LogP contribution in [0.5, 0.6) is 0 Å². The maximum absolute atomic E-state index is 9.08. The van der Waals surface area contributed by atoms with Crippen molar-refractivity contribution < 1.29 is 5.11 Å². The average molecular weight is 272 g/mol. The lowest BCUT2D eigenvalue weighted by molar-refractivity contribution is 0.183. The fourth-order valence-corrected chi connectivity index (χ4v) is 1.72. The minimum Gasteiger partial charge on any atom is -0.393 e. The number of halogens is 1. The topological polar surface area (TPSA) is 32.3 Å². The monoisotopic (exact) mass is 271 g/mol. The van der Waals surface area contributed by atoms with E-state index in [2.05, 4.69) is 46.4 Å². The molecule has 0 radical (unpaired) electrons. The van der Waals surface area contributed by atoms with Crippen molar-refractivity contribution in [2.75, 3.05) is 6.54 Å². The molecule has 0 aliphatic rings. The number of benzene rings is 1. The second-order valence-corrected chi connectivity index (χ2v) is 4.75. The van der Waals surface area contributed by atoms with Crippen molar-refractivity contribution >= 4 is 15.9 Å². The van der Waals surface area contributed by atoms with Gasteiger partial charge in [0.15, 0.2) is 0 Å². The Hall–Kier alpha value is -0.380. The molecule has 0 aliphatic heterocycles. The third-order valence-electron chi connectivity index (χ3n) is 2.30. The summed E-state index contributed by atoms with van der Waals surface area (Å²) in [6.45, 7) is 5.59. The molecule has 1 aromatic carbocycles. The van der Waals surface area contributed by atoms with Gasteiger partial charge in [0.05, 0.1) is 6.10 Å². The zero-order chi connectivity index (χ0) is 11.3. The number of hydrogen-bond acceptors (Lipinski definition) is 2. The number of hydrogen-bond donors (Lipinski definition) is 2. The highest BCUT2D eigenvalue weighted by atomic mass is 79.9. The maximum Gasteiger partial charge on any atom is 0.0524 e. The number of aliphatic hydroxyl groups excluding tert-OH is 1. The second kappa shape index (κ2) is 6.26. The van der Waals surface area contributed by atoms with Gasteiger partial charge in [-0.2, -0.15) is 0 Å². The lowest BCUT2D eigenvalue weighted by Crippen LogP contribution is -2.18. The predicted molar refractivity (Wildman–Crippen MR) is 66.9 cm³/mol. The molecule has 0 heterocycles. The van der Waals surface area contributed by atoms with E-state index in [-0.39, 0.29) is 6.10 Å². The average Bonchev–Trinajstić information content (AvgIpc) is 2.18. The Labute approximate surface area is 99.8 Å². The van der Waals surface area contributed by atoms with E-state index in [1.54, 1.807) is 0 Å². The summed E-state index contributed by atoms with van der Waals surface area (Å²) in [6.07, 6.45) is 0.579. The summed E-state index contributed by atoms with van der Waals surface area (Å²) in [5.74, 6) is 0. The van der Waals surface area contributed by atoms with Gasteiger partial charge in [-0.1, -0.05) is 28.1 Å². The molecule has 2 nitrogen and oxygen atoms in total. The van der Waals surface area contributed by atoms with Gasteiger partial charge in [-0.3, -0.25) is 0 Å². The molecular weight excluding hydrogens is 254 g/mol. The van der Waals surface area contributed by atoms with Crippen molar-refractivity contribution in [3.05, 3.63) is 33.8 Å². The van der Waals surface area contributed by atoms with Gasteiger partial charge in [0.25, 0.3) is 0 Å².